The molecule has 2 aromatic rings. The van der Waals surface area contributed by atoms with E-state index in [1.807, 2.05) is 21.0 Å². The second kappa shape index (κ2) is 10.9. The first-order chi connectivity index (χ1) is 15.4. The van der Waals surface area contributed by atoms with Gasteiger partial charge in [-0.1, -0.05) is 39.0 Å². The topological polar surface area (TPSA) is 108 Å². The number of benzene rings is 2. The van der Waals surface area contributed by atoms with E-state index in [0.29, 0.717) is 24.2 Å². The first kappa shape index (κ1) is 26.5. The van der Waals surface area contributed by atoms with Crippen LogP contribution >= 0.6 is 0 Å². The van der Waals surface area contributed by atoms with Crippen LogP contribution in [-0.4, -0.2) is 58.2 Å². The Morgan fingerprint density at radius 2 is 1.76 bits per heavy atom. The molecule has 0 radical (unpaired) electrons. The molecule has 9 heteroatoms. The van der Waals surface area contributed by atoms with Gasteiger partial charge in [0.05, 0.1) is 18.0 Å². The Labute approximate surface area is 197 Å². The summed E-state index contributed by atoms with van der Waals surface area (Å²) in [5.74, 6) is -1.08. The average molecular weight is 478 g/mol. The van der Waals surface area contributed by atoms with Gasteiger partial charge in [-0.2, -0.15) is 0 Å². The van der Waals surface area contributed by atoms with E-state index in [0.717, 1.165) is 6.54 Å². The van der Waals surface area contributed by atoms with Crippen molar-refractivity contribution in [3.05, 3.63) is 47.5 Å². The number of carboxylic acid groups (broad SMARTS) is 1. The molecule has 0 aliphatic rings. The molecule has 0 spiro atoms. The zero-order valence-electron chi connectivity index (χ0n) is 20.2. The molecule has 0 bridgehead atoms. The van der Waals surface area contributed by atoms with E-state index < -0.39 is 16.0 Å². The van der Waals surface area contributed by atoms with Crippen molar-refractivity contribution in [2.24, 2.45) is 5.41 Å². The predicted molar refractivity (Wildman–Crippen MR) is 132 cm³/mol. The third-order valence-corrected chi connectivity index (χ3v) is 6.47. The summed E-state index contributed by atoms with van der Waals surface area (Å²) in [7, 11) is -0.103. The second-order valence-electron chi connectivity index (χ2n) is 8.93. The number of para-hydroxylation sites is 1. The first-order valence-corrected chi connectivity index (χ1v) is 12.4. The molecule has 0 unspecified atom stereocenters. The predicted octanol–water partition coefficient (Wildman–Crippen LogP) is 4.15. The number of hydrogen-bond acceptors (Lipinski definition) is 6. The molecule has 0 atom stereocenters. The highest BCUT2D eigenvalue weighted by atomic mass is 32.2. The maximum absolute atomic E-state index is 13.3. The number of ether oxygens (including phenoxy) is 1. The van der Waals surface area contributed by atoms with E-state index in [-0.39, 0.29) is 33.9 Å². The minimum atomic E-state index is -4.08. The Hall–Kier alpha value is -2.78. The lowest BCUT2D eigenvalue weighted by Crippen LogP contribution is -2.34. The lowest BCUT2D eigenvalue weighted by molar-refractivity contribution is 0.0693. The standard InChI is InChI=1S/C24H35N3O5S/c1-7-17-13-14-19(21(23(28)29)22(17)32-8-2)26-33(30,31)20-12-10-9-11-18(20)25-15-24(3,4)16-27(5)6/h9-14,25-26H,7-8,15-16H2,1-6H3,(H,28,29). The summed E-state index contributed by atoms with van der Waals surface area (Å²) in [5, 5.41) is 13.1. The highest BCUT2D eigenvalue weighted by Crippen LogP contribution is 2.34. The van der Waals surface area contributed by atoms with Gasteiger partial charge in [-0.15, -0.1) is 0 Å². The fraction of sp³-hybridized carbons (Fsp3) is 0.458. The van der Waals surface area contributed by atoms with E-state index in [4.69, 9.17) is 4.74 Å². The average Bonchev–Trinajstić information content (AvgIpc) is 2.71. The lowest BCUT2D eigenvalue weighted by atomic mass is 9.93. The maximum Gasteiger partial charge on any atom is 0.341 e. The summed E-state index contributed by atoms with van der Waals surface area (Å²) in [6.07, 6.45) is 0.554. The molecular formula is C24H35N3O5S. The molecule has 0 aliphatic heterocycles. The van der Waals surface area contributed by atoms with Crippen LogP contribution in [0.1, 0.15) is 43.6 Å². The molecule has 0 fully saturated rings. The van der Waals surface area contributed by atoms with Crippen molar-refractivity contribution < 1.29 is 23.1 Å². The molecule has 182 valence electrons. The van der Waals surface area contributed by atoms with Crippen LogP contribution in [0.4, 0.5) is 11.4 Å². The highest BCUT2D eigenvalue weighted by Gasteiger charge is 2.26. The zero-order chi connectivity index (χ0) is 24.8. The number of carbonyl (C=O) groups is 1. The molecule has 0 heterocycles. The van der Waals surface area contributed by atoms with Gasteiger partial charge < -0.3 is 20.1 Å². The van der Waals surface area contributed by atoms with Crippen LogP contribution in [0.5, 0.6) is 5.75 Å². The van der Waals surface area contributed by atoms with Crippen LogP contribution in [0.25, 0.3) is 0 Å². The maximum atomic E-state index is 13.3. The molecule has 0 saturated heterocycles. The fourth-order valence-electron chi connectivity index (χ4n) is 3.80. The van der Waals surface area contributed by atoms with E-state index in [1.54, 1.807) is 31.2 Å². The summed E-state index contributed by atoms with van der Waals surface area (Å²) >= 11 is 0. The molecule has 0 aromatic heterocycles. The van der Waals surface area contributed by atoms with E-state index >= 15 is 0 Å². The Kier molecular flexibility index (Phi) is 8.74. The Morgan fingerprint density at radius 3 is 2.33 bits per heavy atom. The van der Waals surface area contributed by atoms with E-state index in [1.165, 1.54) is 12.1 Å². The van der Waals surface area contributed by atoms with Gasteiger partial charge in [-0.05, 0) is 56.6 Å². The summed E-state index contributed by atoms with van der Waals surface area (Å²) < 4.78 is 34.7. The van der Waals surface area contributed by atoms with Crippen LogP contribution in [0.2, 0.25) is 0 Å². The quantitative estimate of drug-likeness (QED) is 0.421. The van der Waals surface area contributed by atoms with Crippen molar-refractivity contribution in [1.82, 2.24) is 4.90 Å². The van der Waals surface area contributed by atoms with Crippen molar-refractivity contribution in [3.8, 4) is 5.75 Å². The van der Waals surface area contributed by atoms with Gasteiger partial charge in [0.15, 0.2) is 0 Å². The number of aryl methyl sites for hydroxylation is 1. The van der Waals surface area contributed by atoms with Crippen LogP contribution in [0.3, 0.4) is 0 Å². The van der Waals surface area contributed by atoms with Gasteiger partial charge in [-0.3, -0.25) is 4.72 Å². The Balaban J connectivity index is 2.43. The van der Waals surface area contributed by atoms with Crippen LogP contribution in [0.15, 0.2) is 41.3 Å². The Morgan fingerprint density at radius 1 is 1.09 bits per heavy atom. The van der Waals surface area contributed by atoms with Crippen molar-refractivity contribution >= 4 is 27.4 Å². The Bertz CT molecular complexity index is 1080. The number of nitrogens with one attached hydrogen (secondary N) is 2. The minimum absolute atomic E-state index is 0.0362. The van der Waals surface area contributed by atoms with Crippen molar-refractivity contribution in [2.75, 3.05) is 43.8 Å². The summed E-state index contributed by atoms with van der Waals surface area (Å²) in [6.45, 7) is 9.46. The van der Waals surface area contributed by atoms with E-state index in [2.05, 4.69) is 28.8 Å². The second-order valence-corrected chi connectivity index (χ2v) is 10.6. The fourth-order valence-corrected chi connectivity index (χ4v) is 5.06. The number of aromatic carboxylic acids is 1. The van der Waals surface area contributed by atoms with Gasteiger partial charge in [0.1, 0.15) is 16.2 Å². The molecule has 2 aromatic carbocycles. The number of carboxylic acids is 1. The number of hydrogen-bond donors (Lipinski definition) is 3. The van der Waals surface area contributed by atoms with Gasteiger partial charge in [0.2, 0.25) is 0 Å². The monoisotopic (exact) mass is 477 g/mol. The summed E-state index contributed by atoms with van der Waals surface area (Å²) in [6, 6.07) is 9.74. The number of nitrogens with zero attached hydrogens (tertiary/aromatic N) is 1. The zero-order valence-corrected chi connectivity index (χ0v) is 21.0. The molecule has 0 aliphatic carbocycles. The largest absolute Gasteiger partial charge is 0.493 e. The van der Waals surface area contributed by atoms with E-state index in [9.17, 15) is 18.3 Å². The van der Waals surface area contributed by atoms with Crippen LogP contribution in [-0.2, 0) is 16.4 Å². The minimum Gasteiger partial charge on any atom is -0.493 e. The number of sulfonamides is 1. The molecule has 8 nitrogen and oxygen atoms in total. The normalized spacial score (nSPS) is 12.0. The molecular weight excluding hydrogens is 442 g/mol. The SMILES string of the molecule is CCOc1c(CC)ccc(NS(=O)(=O)c2ccccc2NCC(C)(C)CN(C)C)c1C(=O)O. The van der Waals surface area contributed by atoms with Gasteiger partial charge in [-0.25, -0.2) is 13.2 Å². The summed E-state index contributed by atoms with van der Waals surface area (Å²) in [4.78, 5) is 14.2. The van der Waals surface area contributed by atoms with Crippen molar-refractivity contribution in [2.45, 2.75) is 39.0 Å². The van der Waals surface area contributed by atoms with Crippen LogP contribution in [0, 0.1) is 5.41 Å². The third-order valence-electron chi connectivity index (χ3n) is 5.05. The molecule has 2 rings (SSSR count). The smallest absolute Gasteiger partial charge is 0.341 e. The van der Waals surface area contributed by atoms with Crippen LogP contribution < -0.4 is 14.8 Å². The molecule has 3 N–H and O–H groups in total. The van der Waals surface area contributed by atoms with Gasteiger partial charge in [0.25, 0.3) is 10.0 Å². The van der Waals surface area contributed by atoms with Gasteiger partial charge >= 0.3 is 5.97 Å². The number of rotatable bonds is 12. The van der Waals surface area contributed by atoms with Crippen molar-refractivity contribution in [3.63, 3.8) is 0 Å². The third kappa shape index (κ3) is 6.85. The first-order valence-electron chi connectivity index (χ1n) is 10.9. The lowest BCUT2D eigenvalue weighted by Gasteiger charge is -2.29. The number of anilines is 2. The molecule has 0 amide bonds. The molecule has 0 saturated carbocycles. The summed E-state index contributed by atoms with van der Waals surface area (Å²) in [5.41, 5.74) is 0.807. The highest BCUT2D eigenvalue weighted by molar-refractivity contribution is 7.92. The molecule has 33 heavy (non-hydrogen) atoms. The van der Waals surface area contributed by atoms with Gasteiger partial charge in [0, 0.05) is 13.1 Å². The van der Waals surface area contributed by atoms with Crippen molar-refractivity contribution in [1.29, 1.82) is 0 Å².